The zero-order valence-electron chi connectivity index (χ0n) is 18.3. The number of benzene rings is 1. The summed E-state index contributed by atoms with van der Waals surface area (Å²) in [5.41, 5.74) is 3.10. The largest absolute Gasteiger partial charge is 0.462 e. The molecule has 9 heteroatoms. The number of rotatable bonds is 7. The number of carbonyl (C=O) groups is 1. The van der Waals surface area contributed by atoms with E-state index in [0.717, 1.165) is 18.1 Å². The maximum Gasteiger partial charge on any atom is 0.350 e. The van der Waals surface area contributed by atoms with Crippen molar-refractivity contribution < 1.29 is 9.53 Å². The van der Waals surface area contributed by atoms with Crippen molar-refractivity contribution in [2.45, 2.75) is 33.4 Å². The molecule has 1 unspecified atom stereocenters. The molecule has 31 heavy (non-hydrogen) atoms. The number of ether oxygens (including phenoxy) is 1. The van der Waals surface area contributed by atoms with Gasteiger partial charge in [0.1, 0.15) is 9.88 Å². The molecule has 0 amide bonds. The molecule has 168 valence electrons. The van der Waals surface area contributed by atoms with Crippen molar-refractivity contribution in [2.75, 3.05) is 31.6 Å². The van der Waals surface area contributed by atoms with Gasteiger partial charge in [-0.15, -0.1) is 35.3 Å². The zero-order chi connectivity index (χ0) is 21.5. The lowest BCUT2D eigenvalue weighted by Gasteiger charge is -2.19. The molecule has 1 aromatic heterocycles. The van der Waals surface area contributed by atoms with Crippen molar-refractivity contribution in [2.24, 2.45) is 4.99 Å². The van der Waals surface area contributed by atoms with Crippen LogP contribution < -0.4 is 15.5 Å². The molecule has 0 radical (unpaired) electrons. The molecular formula is C22H30IN5O2S. The minimum absolute atomic E-state index is 0. The van der Waals surface area contributed by atoms with E-state index in [9.17, 15) is 4.79 Å². The van der Waals surface area contributed by atoms with Gasteiger partial charge in [0.05, 0.1) is 18.3 Å². The molecule has 2 aromatic rings. The Kier molecular flexibility index (Phi) is 9.76. The average molecular weight is 555 g/mol. The van der Waals surface area contributed by atoms with E-state index < -0.39 is 0 Å². The highest BCUT2D eigenvalue weighted by Gasteiger charge is 2.20. The average Bonchev–Trinajstić information content (AvgIpc) is 3.41. The van der Waals surface area contributed by atoms with Gasteiger partial charge in [-0.2, -0.15) is 0 Å². The number of aryl methyl sites for hydroxylation is 1. The quantitative estimate of drug-likeness (QED) is 0.177. The number of hydrogen-bond donors (Lipinski definition) is 2. The van der Waals surface area contributed by atoms with Crippen LogP contribution in [-0.2, 0) is 11.3 Å². The highest BCUT2D eigenvalue weighted by atomic mass is 127. The van der Waals surface area contributed by atoms with Gasteiger partial charge in [-0.1, -0.05) is 24.3 Å². The second-order valence-electron chi connectivity index (χ2n) is 7.03. The number of hydrogen-bond acceptors (Lipinski definition) is 6. The Labute approximate surface area is 205 Å². The zero-order valence-corrected chi connectivity index (χ0v) is 21.5. The number of nitrogens with zero attached hydrogens (tertiary/aromatic N) is 3. The number of aliphatic imine (C=N–C) groups is 1. The fourth-order valence-electron chi connectivity index (χ4n) is 3.19. The standard InChI is InChI=1S/C22H29N5O2S.HI/c1-5-29-21(28)19-15(2)25-20(30-19)16(3)26-22(23-4)24-14-17-9-8-10-18(13-17)27-11-6-7-12-27;/h6-10,13,16H,5,11-12,14H2,1-4H3,(H2,23,24,26);1H. The summed E-state index contributed by atoms with van der Waals surface area (Å²) >= 11 is 1.36. The molecular weight excluding hydrogens is 525 g/mol. The van der Waals surface area contributed by atoms with Gasteiger partial charge in [-0.25, -0.2) is 9.78 Å². The van der Waals surface area contributed by atoms with Crippen LogP contribution in [-0.4, -0.2) is 43.7 Å². The molecule has 1 atom stereocenters. The van der Waals surface area contributed by atoms with Crippen LogP contribution in [0.5, 0.6) is 0 Å². The number of aromatic nitrogens is 1. The lowest BCUT2D eigenvalue weighted by atomic mass is 10.2. The molecule has 7 nitrogen and oxygen atoms in total. The Morgan fingerprint density at radius 2 is 2.10 bits per heavy atom. The van der Waals surface area contributed by atoms with E-state index in [-0.39, 0.29) is 36.0 Å². The number of guanidine groups is 1. The number of carbonyl (C=O) groups excluding carboxylic acids is 1. The third-order valence-corrected chi connectivity index (χ3v) is 6.10. The molecule has 1 aromatic carbocycles. The first-order chi connectivity index (χ1) is 14.5. The summed E-state index contributed by atoms with van der Waals surface area (Å²) in [6.07, 6.45) is 4.37. The van der Waals surface area contributed by atoms with Gasteiger partial charge in [-0.3, -0.25) is 4.99 Å². The third-order valence-electron chi connectivity index (χ3n) is 4.78. The second kappa shape index (κ2) is 12.0. The topological polar surface area (TPSA) is 78.8 Å². The number of esters is 1. The first-order valence-corrected chi connectivity index (χ1v) is 10.9. The van der Waals surface area contributed by atoms with Crippen LogP contribution in [0.15, 0.2) is 41.4 Å². The molecule has 1 aliphatic rings. The summed E-state index contributed by atoms with van der Waals surface area (Å²) in [5, 5.41) is 7.53. The molecule has 0 saturated carbocycles. The van der Waals surface area contributed by atoms with Gasteiger partial charge < -0.3 is 20.3 Å². The minimum atomic E-state index is -0.318. The van der Waals surface area contributed by atoms with Gasteiger partial charge in [-0.05, 0) is 38.5 Å². The van der Waals surface area contributed by atoms with Crippen molar-refractivity contribution in [1.29, 1.82) is 0 Å². The van der Waals surface area contributed by atoms with Gasteiger partial charge >= 0.3 is 5.97 Å². The predicted octanol–water partition coefficient (Wildman–Crippen LogP) is 4.05. The first kappa shape index (κ1) is 25.1. The molecule has 2 heterocycles. The summed E-state index contributed by atoms with van der Waals surface area (Å²) in [6.45, 7) is 8.55. The fraction of sp³-hybridized carbons (Fsp3) is 0.409. The SMILES string of the molecule is CCOC(=O)c1sc(C(C)NC(=NC)NCc2cccc(N3CC=CC3)c2)nc1C.I. The normalized spacial score (nSPS) is 14.2. The van der Waals surface area contributed by atoms with Crippen LogP contribution in [0.2, 0.25) is 0 Å². The third kappa shape index (κ3) is 6.67. The van der Waals surface area contributed by atoms with E-state index in [2.05, 4.69) is 61.9 Å². The Balaban J connectivity index is 0.00000341. The van der Waals surface area contributed by atoms with Crippen LogP contribution >= 0.6 is 35.3 Å². The van der Waals surface area contributed by atoms with E-state index in [1.807, 2.05) is 13.8 Å². The molecule has 0 fully saturated rings. The highest BCUT2D eigenvalue weighted by molar-refractivity contribution is 14.0. The summed E-state index contributed by atoms with van der Waals surface area (Å²) in [7, 11) is 1.74. The van der Waals surface area contributed by atoms with Gasteiger partial charge in [0.25, 0.3) is 0 Å². The van der Waals surface area contributed by atoms with Crippen molar-refractivity contribution in [3.8, 4) is 0 Å². The molecule has 0 bridgehead atoms. The second-order valence-corrected chi connectivity index (χ2v) is 8.06. The Morgan fingerprint density at radius 3 is 2.77 bits per heavy atom. The first-order valence-electron chi connectivity index (χ1n) is 10.1. The maximum absolute atomic E-state index is 12.0. The Bertz CT molecular complexity index is 936. The fourth-order valence-corrected chi connectivity index (χ4v) is 4.15. The number of thiazole rings is 1. The molecule has 2 N–H and O–H groups in total. The van der Waals surface area contributed by atoms with Crippen LogP contribution in [0.25, 0.3) is 0 Å². The monoisotopic (exact) mass is 555 g/mol. The number of halogens is 1. The summed E-state index contributed by atoms with van der Waals surface area (Å²) in [4.78, 5) is 23.8. The van der Waals surface area contributed by atoms with E-state index in [1.54, 1.807) is 14.0 Å². The van der Waals surface area contributed by atoms with Crippen molar-refractivity contribution in [3.05, 3.63) is 57.6 Å². The number of nitrogens with one attached hydrogen (secondary N) is 2. The Hall–Kier alpha value is -2.14. The molecule has 3 rings (SSSR count). The maximum atomic E-state index is 12.0. The lowest BCUT2D eigenvalue weighted by molar-refractivity contribution is 0.0531. The molecule has 0 aliphatic carbocycles. The van der Waals surface area contributed by atoms with Crippen LogP contribution in [0, 0.1) is 6.92 Å². The van der Waals surface area contributed by atoms with E-state index in [0.29, 0.717) is 29.7 Å². The van der Waals surface area contributed by atoms with Gasteiger partial charge in [0, 0.05) is 32.4 Å². The lowest BCUT2D eigenvalue weighted by Crippen LogP contribution is -2.38. The van der Waals surface area contributed by atoms with E-state index >= 15 is 0 Å². The highest BCUT2D eigenvalue weighted by Crippen LogP contribution is 2.24. The van der Waals surface area contributed by atoms with Crippen molar-refractivity contribution in [3.63, 3.8) is 0 Å². The minimum Gasteiger partial charge on any atom is -0.462 e. The summed E-state index contributed by atoms with van der Waals surface area (Å²) in [6, 6.07) is 8.43. The molecule has 0 saturated heterocycles. The Morgan fingerprint density at radius 1 is 1.35 bits per heavy atom. The van der Waals surface area contributed by atoms with Crippen molar-refractivity contribution >= 4 is 52.9 Å². The van der Waals surface area contributed by atoms with Crippen molar-refractivity contribution in [1.82, 2.24) is 15.6 Å². The van der Waals surface area contributed by atoms with Gasteiger partial charge in [0.15, 0.2) is 5.96 Å². The smallest absolute Gasteiger partial charge is 0.350 e. The van der Waals surface area contributed by atoms with E-state index in [4.69, 9.17) is 4.74 Å². The molecule has 0 spiro atoms. The molecule has 1 aliphatic heterocycles. The number of anilines is 1. The van der Waals surface area contributed by atoms with Crippen LogP contribution in [0.4, 0.5) is 5.69 Å². The summed E-state index contributed by atoms with van der Waals surface area (Å²) < 4.78 is 5.11. The van der Waals surface area contributed by atoms with Crippen LogP contribution in [0.3, 0.4) is 0 Å². The van der Waals surface area contributed by atoms with Crippen LogP contribution in [0.1, 0.15) is 45.8 Å². The van der Waals surface area contributed by atoms with Gasteiger partial charge in [0.2, 0.25) is 0 Å². The predicted molar refractivity (Wildman–Crippen MR) is 138 cm³/mol. The van der Waals surface area contributed by atoms with E-state index in [1.165, 1.54) is 22.6 Å². The summed E-state index contributed by atoms with van der Waals surface area (Å²) in [5.74, 6) is 0.364.